The summed E-state index contributed by atoms with van der Waals surface area (Å²) in [6.45, 7) is 4.71. The third-order valence-electron chi connectivity index (χ3n) is 4.33. The Labute approximate surface area is 180 Å². The van der Waals surface area contributed by atoms with Gasteiger partial charge in [0.05, 0.1) is 12.2 Å². The van der Waals surface area contributed by atoms with Gasteiger partial charge in [-0.3, -0.25) is 9.98 Å². The molecule has 0 saturated carbocycles. The van der Waals surface area contributed by atoms with Gasteiger partial charge in [-0.15, -0.1) is 24.0 Å². The molecule has 1 atom stereocenters. The summed E-state index contributed by atoms with van der Waals surface area (Å²) in [5.41, 5.74) is 3.31. The van der Waals surface area contributed by atoms with Gasteiger partial charge in [0.1, 0.15) is 0 Å². The highest BCUT2D eigenvalue weighted by atomic mass is 127. The summed E-state index contributed by atoms with van der Waals surface area (Å²) >= 11 is 3.49. The number of aromatic nitrogens is 1. The quantitative estimate of drug-likeness (QED) is 0.360. The van der Waals surface area contributed by atoms with Crippen molar-refractivity contribution >= 4 is 51.6 Å². The summed E-state index contributed by atoms with van der Waals surface area (Å²) in [7, 11) is 1.81. The van der Waals surface area contributed by atoms with Crippen LogP contribution in [0, 0.1) is 6.92 Å². The Morgan fingerprint density at radius 3 is 2.73 bits per heavy atom. The summed E-state index contributed by atoms with van der Waals surface area (Å²) in [5, 5.41) is 6.88. The van der Waals surface area contributed by atoms with E-state index in [4.69, 9.17) is 0 Å². The van der Waals surface area contributed by atoms with Gasteiger partial charge >= 0.3 is 0 Å². The van der Waals surface area contributed by atoms with E-state index in [-0.39, 0.29) is 24.0 Å². The number of hydrogen-bond acceptors (Lipinski definition) is 3. The van der Waals surface area contributed by atoms with Crippen LogP contribution in [0.5, 0.6) is 0 Å². The zero-order chi connectivity index (χ0) is 17.6. The summed E-state index contributed by atoms with van der Waals surface area (Å²) in [6.07, 6.45) is 1.10. The van der Waals surface area contributed by atoms with Crippen LogP contribution in [-0.2, 0) is 6.54 Å². The monoisotopic (exact) mass is 529 g/mol. The number of halogens is 2. The first-order valence-corrected chi connectivity index (χ1v) is 9.33. The van der Waals surface area contributed by atoms with Crippen LogP contribution >= 0.6 is 39.9 Å². The van der Waals surface area contributed by atoms with Crippen LogP contribution in [0.1, 0.15) is 17.8 Å². The molecule has 3 rings (SSSR count). The second-order valence-electron chi connectivity index (χ2n) is 6.25. The molecule has 5 nitrogen and oxygen atoms in total. The summed E-state index contributed by atoms with van der Waals surface area (Å²) in [5.74, 6) is 0.825. The van der Waals surface area contributed by atoms with E-state index in [9.17, 15) is 0 Å². The van der Waals surface area contributed by atoms with E-state index in [0.717, 1.165) is 41.3 Å². The zero-order valence-electron chi connectivity index (χ0n) is 15.1. The van der Waals surface area contributed by atoms with Gasteiger partial charge in [0, 0.05) is 42.0 Å². The predicted octanol–water partition coefficient (Wildman–Crippen LogP) is 3.71. The fourth-order valence-electron chi connectivity index (χ4n) is 3.02. The third-order valence-corrected chi connectivity index (χ3v) is 4.86. The van der Waals surface area contributed by atoms with E-state index in [1.54, 1.807) is 7.05 Å². The molecule has 1 saturated heterocycles. The Hall–Kier alpha value is -1.35. The van der Waals surface area contributed by atoms with Crippen LogP contribution in [0.15, 0.2) is 51.9 Å². The topological polar surface area (TPSA) is 52.6 Å². The summed E-state index contributed by atoms with van der Waals surface area (Å²) < 4.78 is 1.11. The second kappa shape index (κ2) is 10.1. The highest BCUT2D eigenvalue weighted by molar-refractivity contribution is 14.0. The molecule has 7 heteroatoms. The number of aliphatic imine (C=N–C) groups is 1. The number of nitrogens with zero attached hydrogens (tertiary/aromatic N) is 3. The van der Waals surface area contributed by atoms with E-state index < -0.39 is 0 Å². The van der Waals surface area contributed by atoms with Gasteiger partial charge in [0.15, 0.2) is 5.96 Å². The first kappa shape index (κ1) is 21.0. The highest BCUT2D eigenvalue weighted by Crippen LogP contribution is 2.22. The predicted molar refractivity (Wildman–Crippen MR) is 122 cm³/mol. The van der Waals surface area contributed by atoms with Gasteiger partial charge in [-0.05, 0) is 49.7 Å². The van der Waals surface area contributed by atoms with Crippen LogP contribution in [0.3, 0.4) is 0 Å². The maximum absolute atomic E-state index is 4.51. The molecule has 2 heterocycles. The lowest BCUT2D eigenvalue weighted by Crippen LogP contribution is -2.44. The first-order valence-electron chi connectivity index (χ1n) is 8.54. The molecule has 0 aliphatic carbocycles. The summed E-state index contributed by atoms with van der Waals surface area (Å²) in [6, 6.07) is 14.9. The molecular weight excluding hydrogens is 505 g/mol. The van der Waals surface area contributed by atoms with Gasteiger partial charge in [0.2, 0.25) is 0 Å². The van der Waals surface area contributed by atoms with Gasteiger partial charge in [-0.25, -0.2) is 0 Å². The minimum Gasteiger partial charge on any atom is -0.369 e. The molecule has 1 unspecified atom stereocenters. The van der Waals surface area contributed by atoms with Crippen molar-refractivity contribution in [3.8, 4) is 0 Å². The first-order chi connectivity index (χ1) is 12.1. The molecule has 26 heavy (non-hydrogen) atoms. The van der Waals surface area contributed by atoms with Crippen molar-refractivity contribution in [3.05, 3.63) is 58.3 Å². The molecule has 1 aliphatic heterocycles. The molecule has 0 radical (unpaired) electrons. The number of hydrogen-bond donors (Lipinski definition) is 2. The highest BCUT2D eigenvalue weighted by Gasteiger charge is 2.23. The molecular formula is C19H25BrIN5. The lowest BCUT2D eigenvalue weighted by Gasteiger charge is -2.20. The van der Waals surface area contributed by atoms with Crippen LogP contribution in [0.25, 0.3) is 0 Å². The van der Waals surface area contributed by atoms with E-state index in [1.807, 2.05) is 25.1 Å². The summed E-state index contributed by atoms with van der Waals surface area (Å²) in [4.78, 5) is 11.3. The number of guanidine groups is 1. The fourth-order valence-corrected chi connectivity index (χ4v) is 3.29. The Bertz CT molecular complexity index is 735. The van der Waals surface area contributed by atoms with Crippen molar-refractivity contribution in [2.45, 2.75) is 25.9 Å². The van der Waals surface area contributed by atoms with E-state index >= 15 is 0 Å². The molecule has 1 fully saturated rings. The second-order valence-corrected chi connectivity index (χ2v) is 7.16. The average Bonchev–Trinajstić information content (AvgIpc) is 3.08. The van der Waals surface area contributed by atoms with Gasteiger partial charge < -0.3 is 15.5 Å². The van der Waals surface area contributed by atoms with E-state index in [2.05, 4.69) is 65.7 Å². The van der Waals surface area contributed by atoms with Crippen LogP contribution in [0.4, 0.5) is 5.69 Å². The lowest BCUT2D eigenvalue weighted by atomic mass is 10.2. The van der Waals surface area contributed by atoms with Crippen molar-refractivity contribution < 1.29 is 0 Å². The van der Waals surface area contributed by atoms with Gasteiger partial charge in [-0.2, -0.15) is 0 Å². The number of anilines is 1. The van der Waals surface area contributed by atoms with Crippen molar-refractivity contribution in [1.29, 1.82) is 0 Å². The zero-order valence-corrected chi connectivity index (χ0v) is 19.0. The Kier molecular flexibility index (Phi) is 8.15. The Morgan fingerprint density at radius 1 is 1.27 bits per heavy atom. The van der Waals surface area contributed by atoms with Gasteiger partial charge in [0.25, 0.3) is 0 Å². The molecule has 1 aromatic carbocycles. The number of nitrogens with one attached hydrogen (secondary N) is 2. The average molecular weight is 530 g/mol. The molecule has 0 spiro atoms. The van der Waals surface area contributed by atoms with Crippen molar-refractivity contribution in [2.24, 2.45) is 4.99 Å². The fraction of sp³-hybridized carbons (Fsp3) is 0.368. The molecule has 0 bridgehead atoms. The van der Waals surface area contributed by atoms with Crippen LogP contribution in [-0.4, -0.2) is 37.1 Å². The van der Waals surface area contributed by atoms with Crippen LogP contribution in [0.2, 0.25) is 0 Å². The van der Waals surface area contributed by atoms with Crippen LogP contribution < -0.4 is 15.5 Å². The normalized spacial score (nSPS) is 17.0. The maximum Gasteiger partial charge on any atom is 0.191 e. The van der Waals surface area contributed by atoms with Crippen molar-refractivity contribution in [1.82, 2.24) is 15.6 Å². The lowest BCUT2D eigenvalue weighted by molar-refractivity contribution is 0.647. The van der Waals surface area contributed by atoms with Crippen molar-refractivity contribution in [3.63, 3.8) is 0 Å². The SMILES string of the molecule is CN=C(NCc1cccc(C)n1)NC1CCN(c2ccc(Br)cc2)C1.I. The Morgan fingerprint density at radius 2 is 2.04 bits per heavy atom. The molecule has 2 N–H and O–H groups in total. The molecule has 1 aliphatic rings. The molecule has 1 aromatic heterocycles. The van der Waals surface area contributed by atoms with Crippen molar-refractivity contribution in [2.75, 3.05) is 25.0 Å². The van der Waals surface area contributed by atoms with E-state index in [1.165, 1.54) is 5.69 Å². The molecule has 140 valence electrons. The number of pyridine rings is 1. The van der Waals surface area contributed by atoms with E-state index in [0.29, 0.717) is 12.6 Å². The van der Waals surface area contributed by atoms with Gasteiger partial charge in [-0.1, -0.05) is 22.0 Å². The minimum atomic E-state index is 0. The minimum absolute atomic E-state index is 0. The molecule has 0 amide bonds. The smallest absolute Gasteiger partial charge is 0.191 e. The largest absolute Gasteiger partial charge is 0.369 e. The number of aryl methyl sites for hydroxylation is 1. The molecule has 2 aromatic rings. The maximum atomic E-state index is 4.51. The standard InChI is InChI=1S/C19H24BrN5.HI/c1-14-4-3-5-16(23-14)12-22-19(21-2)24-17-10-11-25(13-17)18-8-6-15(20)7-9-18;/h3-9,17H,10-13H2,1-2H3,(H2,21,22,24);1H. The number of rotatable bonds is 4. The third kappa shape index (κ3) is 5.84. The number of benzene rings is 1. The Balaban J connectivity index is 0.00000243.